The number of rotatable bonds is 7. The average molecular weight is 315 g/mol. The van der Waals surface area contributed by atoms with Gasteiger partial charge in [-0.2, -0.15) is 0 Å². The zero-order valence-electron chi connectivity index (χ0n) is 11.6. The second-order valence-electron chi connectivity index (χ2n) is 4.24. The number of amides is 2. The lowest BCUT2D eigenvalue weighted by Crippen LogP contribution is -2.44. The molecule has 0 saturated heterocycles. The number of likely N-dealkylation sites (N-methyl/N-ethyl adjacent to an activating group) is 1. The van der Waals surface area contributed by atoms with Crippen molar-refractivity contribution in [3.8, 4) is 0 Å². The quantitative estimate of drug-likeness (QED) is 0.760. The van der Waals surface area contributed by atoms with E-state index in [0.717, 1.165) is 4.90 Å². The Morgan fingerprint density at radius 2 is 1.95 bits per heavy atom. The topological polar surface area (TPSA) is 58.2 Å². The van der Waals surface area contributed by atoms with Crippen molar-refractivity contribution in [2.24, 2.45) is 0 Å². The second-order valence-corrected chi connectivity index (χ2v) is 5.84. The van der Waals surface area contributed by atoms with Crippen LogP contribution in [-0.4, -0.2) is 30.2 Å². The molecule has 6 heteroatoms. The summed E-state index contributed by atoms with van der Waals surface area (Å²) in [5.74, 6) is 0.381. The normalized spacial score (nSPS) is 11.8. The molecule has 1 unspecified atom stereocenters. The molecule has 1 aromatic rings. The Morgan fingerprint density at radius 3 is 2.55 bits per heavy atom. The van der Waals surface area contributed by atoms with Crippen LogP contribution >= 0.6 is 23.4 Å². The van der Waals surface area contributed by atoms with E-state index in [1.807, 2.05) is 31.2 Å². The van der Waals surface area contributed by atoms with Crippen LogP contribution in [0.2, 0.25) is 5.02 Å². The van der Waals surface area contributed by atoms with Crippen LogP contribution in [0.25, 0.3) is 0 Å². The van der Waals surface area contributed by atoms with Gasteiger partial charge in [0.1, 0.15) is 6.04 Å². The number of hydrogen-bond donors (Lipinski definition) is 2. The van der Waals surface area contributed by atoms with Gasteiger partial charge in [0.15, 0.2) is 0 Å². The molecule has 0 aliphatic heterocycles. The van der Waals surface area contributed by atoms with E-state index < -0.39 is 6.04 Å². The smallest absolute Gasteiger partial charge is 0.242 e. The zero-order chi connectivity index (χ0) is 15.0. The highest BCUT2D eigenvalue weighted by molar-refractivity contribution is 7.99. The molecule has 1 aromatic carbocycles. The van der Waals surface area contributed by atoms with Crippen molar-refractivity contribution >= 4 is 35.2 Å². The van der Waals surface area contributed by atoms with E-state index in [2.05, 4.69) is 10.6 Å². The lowest BCUT2D eigenvalue weighted by Gasteiger charge is -2.13. The van der Waals surface area contributed by atoms with Crippen LogP contribution < -0.4 is 10.6 Å². The summed E-state index contributed by atoms with van der Waals surface area (Å²) in [5.41, 5.74) is 0. The van der Waals surface area contributed by atoms with Crippen molar-refractivity contribution in [3.05, 3.63) is 29.3 Å². The summed E-state index contributed by atoms with van der Waals surface area (Å²) in [6, 6.07) is 6.98. The Bertz CT molecular complexity index is 451. The van der Waals surface area contributed by atoms with Gasteiger partial charge in [0.2, 0.25) is 11.8 Å². The summed E-state index contributed by atoms with van der Waals surface area (Å²) >= 11 is 7.38. The van der Waals surface area contributed by atoms with Crippen LogP contribution in [0.1, 0.15) is 20.3 Å². The highest BCUT2D eigenvalue weighted by atomic mass is 35.5. The maximum atomic E-state index is 11.7. The summed E-state index contributed by atoms with van der Waals surface area (Å²) in [4.78, 5) is 24.2. The van der Waals surface area contributed by atoms with E-state index in [-0.39, 0.29) is 11.8 Å². The van der Waals surface area contributed by atoms with Gasteiger partial charge in [-0.05, 0) is 38.1 Å². The molecule has 0 fully saturated rings. The molecule has 0 bridgehead atoms. The molecule has 1 atom stereocenters. The highest BCUT2D eigenvalue weighted by Gasteiger charge is 2.14. The van der Waals surface area contributed by atoms with Crippen LogP contribution in [0.15, 0.2) is 29.2 Å². The van der Waals surface area contributed by atoms with Crippen molar-refractivity contribution in [2.45, 2.75) is 31.2 Å². The van der Waals surface area contributed by atoms with Gasteiger partial charge in [-0.3, -0.25) is 9.59 Å². The van der Waals surface area contributed by atoms with Gasteiger partial charge in [-0.25, -0.2) is 0 Å². The molecule has 20 heavy (non-hydrogen) atoms. The molecule has 2 N–H and O–H groups in total. The molecule has 2 amide bonds. The van der Waals surface area contributed by atoms with Crippen molar-refractivity contribution < 1.29 is 9.59 Å². The van der Waals surface area contributed by atoms with Crippen LogP contribution in [0.5, 0.6) is 0 Å². The van der Waals surface area contributed by atoms with Crippen LogP contribution in [0.3, 0.4) is 0 Å². The first-order valence-electron chi connectivity index (χ1n) is 6.48. The molecular weight excluding hydrogens is 296 g/mol. The largest absolute Gasteiger partial charge is 0.355 e. The van der Waals surface area contributed by atoms with E-state index in [1.165, 1.54) is 0 Å². The Labute approximate surface area is 128 Å². The molecule has 1 rings (SSSR count). The van der Waals surface area contributed by atoms with E-state index in [0.29, 0.717) is 23.7 Å². The number of thioether (sulfide) groups is 1. The predicted molar refractivity (Wildman–Crippen MR) is 83.1 cm³/mol. The molecule has 110 valence electrons. The van der Waals surface area contributed by atoms with E-state index in [1.54, 1.807) is 18.7 Å². The third-order valence-electron chi connectivity index (χ3n) is 2.53. The average Bonchev–Trinajstić information content (AvgIpc) is 2.41. The number of halogens is 1. The third kappa shape index (κ3) is 6.30. The van der Waals surface area contributed by atoms with Crippen LogP contribution in [0.4, 0.5) is 0 Å². The van der Waals surface area contributed by atoms with Gasteiger partial charge in [-0.1, -0.05) is 11.6 Å². The number of nitrogens with one attached hydrogen (secondary N) is 2. The molecular formula is C14H19ClN2O2S. The summed E-state index contributed by atoms with van der Waals surface area (Å²) in [7, 11) is 0. The van der Waals surface area contributed by atoms with Gasteiger partial charge in [0.05, 0.1) is 0 Å². The van der Waals surface area contributed by atoms with E-state index >= 15 is 0 Å². The molecule has 0 radical (unpaired) electrons. The number of carbonyl (C=O) groups excluding carboxylic acids is 2. The minimum Gasteiger partial charge on any atom is -0.355 e. The molecule has 0 aliphatic rings. The Morgan fingerprint density at radius 1 is 1.30 bits per heavy atom. The van der Waals surface area contributed by atoms with Gasteiger partial charge in [0.25, 0.3) is 0 Å². The van der Waals surface area contributed by atoms with Crippen molar-refractivity contribution in [1.82, 2.24) is 10.6 Å². The molecule has 0 spiro atoms. The van der Waals surface area contributed by atoms with Crippen molar-refractivity contribution in [3.63, 3.8) is 0 Å². The minimum atomic E-state index is -0.497. The molecule has 0 aliphatic carbocycles. The van der Waals surface area contributed by atoms with Crippen molar-refractivity contribution in [1.29, 1.82) is 0 Å². The molecule has 4 nitrogen and oxygen atoms in total. The number of hydrogen-bond acceptors (Lipinski definition) is 3. The Kier molecular flexibility index (Phi) is 7.47. The fraction of sp³-hybridized carbons (Fsp3) is 0.429. The summed E-state index contributed by atoms with van der Waals surface area (Å²) in [6.45, 7) is 4.08. The Hall–Kier alpha value is -1.20. The summed E-state index contributed by atoms with van der Waals surface area (Å²) in [6.07, 6.45) is 0.372. The van der Waals surface area contributed by atoms with Crippen LogP contribution in [0, 0.1) is 0 Å². The molecule has 0 heterocycles. The van der Waals surface area contributed by atoms with E-state index in [4.69, 9.17) is 11.6 Å². The van der Waals surface area contributed by atoms with Crippen molar-refractivity contribution in [2.75, 3.05) is 12.3 Å². The fourth-order valence-electron chi connectivity index (χ4n) is 1.50. The standard InChI is InChI=1S/C14H19ClN2O2S/c1-3-16-14(19)10(2)17-13(18)8-9-20-12-6-4-11(15)5-7-12/h4-7,10H,3,8-9H2,1-2H3,(H,16,19)(H,17,18). The molecule has 0 saturated carbocycles. The summed E-state index contributed by atoms with van der Waals surface area (Å²) < 4.78 is 0. The minimum absolute atomic E-state index is 0.120. The first kappa shape index (κ1) is 16.9. The predicted octanol–water partition coefficient (Wildman–Crippen LogP) is 2.46. The molecule has 0 aromatic heterocycles. The lowest BCUT2D eigenvalue weighted by molar-refractivity contribution is -0.128. The number of carbonyl (C=O) groups is 2. The lowest BCUT2D eigenvalue weighted by atomic mass is 10.3. The SMILES string of the molecule is CCNC(=O)C(C)NC(=O)CCSc1ccc(Cl)cc1. The fourth-order valence-corrected chi connectivity index (χ4v) is 2.48. The highest BCUT2D eigenvalue weighted by Crippen LogP contribution is 2.20. The first-order valence-corrected chi connectivity index (χ1v) is 7.84. The third-order valence-corrected chi connectivity index (χ3v) is 3.80. The monoisotopic (exact) mass is 314 g/mol. The zero-order valence-corrected chi connectivity index (χ0v) is 13.2. The maximum Gasteiger partial charge on any atom is 0.242 e. The van der Waals surface area contributed by atoms with E-state index in [9.17, 15) is 9.59 Å². The Balaban J connectivity index is 2.26. The summed E-state index contributed by atoms with van der Waals surface area (Å²) in [5, 5.41) is 6.04. The van der Waals surface area contributed by atoms with Gasteiger partial charge in [-0.15, -0.1) is 11.8 Å². The second kappa shape index (κ2) is 8.87. The van der Waals surface area contributed by atoms with Gasteiger partial charge < -0.3 is 10.6 Å². The van der Waals surface area contributed by atoms with Gasteiger partial charge in [0, 0.05) is 28.6 Å². The van der Waals surface area contributed by atoms with Gasteiger partial charge >= 0.3 is 0 Å². The number of benzene rings is 1. The first-order chi connectivity index (χ1) is 9.52. The maximum absolute atomic E-state index is 11.7. The van der Waals surface area contributed by atoms with Crippen LogP contribution in [-0.2, 0) is 9.59 Å².